The summed E-state index contributed by atoms with van der Waals surface area (Å²) in [6, 6.07) is 13.3. The topological polar surface area (TPSA) is 44.4 Å². The van der Waals surface area contributed by atoms with E-state index in [4.69, 9.17) is 11.6 Å². The quantitative estimate of drug-likeness (QED) is 0.837. The predicted molar refractivity (Wildman–Crippen MR) is 94.5 cm³/mol. The molecular formula is C18H21ClFN3O. The number of hydrogen-bond donors (Lipinski definition) is 2. The summed E-state index contributed by atoms with van der Waals surface area (Å²) in [5, 5.41) is 6.27. The van der Waals surface area contributed by atoms with Gasteiger partial charge in [0.1, 0.15) is 5.82 Å². The Morgan fingerprint density at radius 1 is 1.12 bits per heavy atom. The molecule has 0 unspecified atom stereocenters. The van der Waals surface area contributed by atoms with Gasteiger partial charge in [-0.1, -0.05) is 41.9 Å². The van der Waals surface area contributed by atoms with E-state index in [0.717, 1.165) is 11.1 Å². The predicted octanol–water partition coefficient (Wildman–Crippen LogP) is 3.58. The zero-order chi connectivity index (χ0) is 17.5. The van der Waals surface area contributed by atoms with E-state index in [9.17, 15) is 9.18 Å². The number of carbonyl (C=O) groups excluding carboxylic acids is 1. The molecule has 0 radical (unpaired) electrons. The highest BCUT2D eigenvalue weighted by Crippen LogP contribution is 2.25. The van der Waals surface area contributed by atoms with Crippen LogP contribution in [-0.4, -0.2) is 31.6 Å². The third-order valence-electron chi connectivity index (χ3n) is 3.71. The molecule has 0 aliphatic heterocycles. The highest BCUT2D eigenvalue weighted by atomic mass is 35.5. The molecule has 2 rings (SSSR count). The molecule has 4 nitrogen and oxygen atoms in total. The van der Waals surface area contributed by atoms with E-state index in [1.807, 2.05) is 43.3 Å². The Hall–Kier alpha value is -2.11. The van der Waals surface area contributed by atoms with Gasteiger partial charge in [-0.3, -0.25) is 0 Å². The van der Waals surface area contributed by atoms with Gasteiger partial charge in [0, 0.05) is 18.1 Å². The Morgan fingerprint density at radius 3 is 2.42 bits per heavy atom. The number of rotatable bonds is 6. The van der Waals surface area contributed by atoms with Gasteiger partial charge in [0.25, 0.3) is 0 Å². The number of likely N-dealkylation sites (N-methyl/N-ethyl adjacent to an activating group) is 1. The largest absolute Gasteiger partial charge is 0.336 e. The first-order valence-corrected chi connectivity index (χ1v) is 8.02. The zero-order valence-corrected chi connectivity index (χ0v) is 14.5. The summed E-state index contributed by atoms with van der Waals surface area (Å²) in [6.07, 6.45) is 0. The average Bonchev–Trinajstić information content (AvgIpc) is 2.56. The monoisotopic (exact) mass is 349 g/mol. The molecule has 0 heterocycles. The summed E-state index contributed by atoms with van der Waals surface area (Å²) < 4.78 is 12.8. The molecule has 0 fully saturated rings. The lowest BCUT2D eigenvalue weighted by molar-refractivity contribution is 0.232. The number of benzene rings is 2. The Labute approximate surface area is 146 Å². The summed E-state index contributed by atoms with van der Waals surface area (Å²) in [7, 11) is 3.87. The van der Waals surface area contributed by atoms with E-state index in [2.05, 4.69) is 10.6 Å². The van der Waals surface area contributed by atoms with Crippen molar-refractivity contribution in [3.8, 4) is 0 Å². The first-order chi connectivity index (χ1) is 11.5. The molecule has 1 atom stereocenters. The van der Waals surface area contributed by atoms with Crippen LogP contribution >= 0.6 is 11.6 Å². The minimum Gasteiger partial charge on any atom is -0.336 e. The SMILES string of the molecule is CN(C)[C@H](CNC(=O)NCc1ccc(F)cc1)c1ccccc1Cl. The van der Waals surface area contributed by atoms with E-state index >= 15 is 0 Å². The minimum atomic E-state index is -0.295. The van der Waals surface area contributed by atoms with E-state index < -0.39 is 0 Å². The van der Waals surface area contributed by atoms with E-state index in [-0.39, 0.29) is 17.9 Å². The van der Waals surface area contributed by atoms with Gasteiger partial charge in [0.05, 0.1) is 6.04 Å². The van der Waals surface area contributed by atoms with Crippen LogP contribution in [0.1, 0.15) is 17.2 Å². The molecule has 0 spiro atoms. The molecule has 2 amide bonds. The van der Waals surface area contributed by atoms with Gasteiger partial charge in [0.15, 0.2) is 0 Å². The van der Waals surface area contributed by atoms with Crippen molar-refractivity contribution < 1.29 is 9.18 Å². The van der Waals surface area contributed by atoms with Crippen LogP contribution < -0.4 is 10.6 Å². The maximum Gasteiger partial charge on any atom is 0.315 e. The van der Waals surface area contributed by atoms with E-state index in [1.165, 1.54) is 12.1 Å². The fourth-order valence-corrected chi connectivity index (χ4v) is 2.61. The maximum atomic E-state index is 12.8. The van der Waals surface area contributed by atoms with Gasteiger partial charge < -0.3 is 15.5 Å². The molecule has 128 valence electrons. The lowest BCUT2D eigenvalue weighted by Crippen LogP contribution is -2.40. The lowest BCUT2D eigenvalue weighted by atomic mass is 10.1. The molecule has 2 N–H and O–H groups in total. The Bertz CT molecular complexity index is 676. The number of amides is 2. The van der Waals surface area contributed by atoms with Crippen molar-refractivity contribution in [1.29, 1.82) is 0 Å². The molecule has 0 aliphatic carbocycles. The molecule has 6 heteroatoms. The number of nitrogens with one attached hydrogen (secondary N) is 2. The average molecular weight is 350 g/mol. The third kappa shape index (κ3) is 5.22. The summed E-state index contributed by atoms with van der Waals surface area (Å²) in [6.45, 7) is 0.761. The Balaban J connectivity index is 1.88. The van der Waals surface area contributed by atoms with Crippen LogP contribution in [0.25, 0.3) is 0 Å². The van der Waals surface area contributed by atoms with Crippen LogP contribution in [0.15, 0.2) is 48.5 Å². The van der Waals surface area contributed by atoms with E-state index in [1.54, 1.807) is 12.1 Å². The van der Waals surface area contributed by atoms with Gasteiger partial charge in [-0.05, 0) is 43.4 Å². The zero-order valence-electron chi connectivity index (χ0n) is 13.7. The Morgan fingerprint density at radius 2 is 1.79 bits per heavy atom. The van der Waals surface area contributed by atoms with Crippen LogP contribution in [0, 0.1) is 5.82 Å². The number of carbonyl (C=O) groups is 1. The summed E-state index contributed by atoms with van der Waals surface area (Å²) in [5.41, 5.74) is 1.80. The second-order valence-electron chi connectivity index (χ2n) is 5.69. The van der Waals surface area contributed by atoms with Crippen molar-refractivity contribution in [1.82, 2.24) is 15.5 Å². The number of halogens is 2. The summed E-state index contributed by atoms with van der Waals surface area (Å²) in [5.74, 6) is -0.295. The Kier molecular flexibility index (Phi) is 6.58. The van der Waals surface area contributed by atoms with Crippen molar-refractivity contribution in [3.63, 3.8) is 0 Å². The van der Waals surface area contributed by atoms with Crippen LogP contribution in [0.5, 0.6) is 0 Å². The molecule has 0 aliphatic rings. The van der Waals surface area contributed by atoms with Crippen molar-refractivity contribution in [2.24, 2.45) is 0 Å². The molecular weight excluding hydrogens is 329 g/mol. The molecule has 24 heavy (non-hydrogen) atoms. The summed E-state index contributed by atoms with van der Waals surface area (Å²) >= 11 is 6.25. The molecule has 2 aromatic rings. The highest BCUT2D eigenvalue weighted by Gasteiger charge is 2.17. The van der Waals surface area contributed by atoms with Crippen LogP contribution in [0.4, 0.5) is 9.18 Å². The third-order valence-corrected chi connectivity index (χ3v) is 4.05. The van der Waals surface area contributed by atoms with Crippen molar-refractivity contribution >= 4 is 17.6 Å². The summed E-state index contributed by atoms with van der Waals surface area (Å²) in [4.78, 5) is 14.0. The smallest absolute Gasteiger partial charge is 0.315 e. The minimum absolute atomic E-state index is 0.0322. The first kappa shape index (κ1) is 18.2. The maximum absolute atomic E-state index is 12.8. The number of hydrogen-bond acceptors (Lipinski definition) is 2. The fraction of sp³-hybridized carbons (Fsp3) is 0.278. The fourth-order valence-electron chi connectivity index (χ4n) is 2.35. The van der Waals surface area contributed by atoms with Gasteiger partial charge in [-0.15, -0.1) is 0 Å². The molecule has 0 bridgehead atoms. The van der Waals surface area contributed by atoms with Crippen LogP contribution in [-0.2, 0) is 6.54 Å². The highest BCUT2D eigenvalue weighted by molar-refractivity contribution is 6.31. The van der Waals surface area contributed by atoms with Crippen LogP contribution in [0.2, 0.25) is 5.02 Å². The van der Waals surface area contributed by atoms with Crippen LogP contribution in [0.3, 0.4) is 0 Å². The lowest BCUT2D eigenvalue weighted by Gasteiger charge is -2.26. The first-order valence-electron chi connectivity index (χ1n) is 7.64. The molecule has 0 aromatic heterocycles. The molecule has 2 aromatic carbocycles. The molecule has 0 saturated carbocycles. The van der Waals surface area contributed by atoms with Gasteiger partial charge in [-0.2, -0.15) is 0 Å². The second kappa shape index (κ2) is 8.66. The standard InChI is InChI=1S/C18H21ClFN3O/c1-23(2)17(15-5-3-4-6-16(15)19)12-22-18(24)21-11-13-7-9-14(20)10-8-13/h3-10,17H,11-12H2,1-2H3,(H2,21,22,24)/t17-/m1/s1. The van der Waals surface area contributed by atoms with E-state index in [0.29, 0.717) is 18.1 Å². The van der Waals surface area contributed by atoms with Crippen molar-refractivity contribution in [3.05, 3.63) is 70.5 Å². The molecule has 0 saturated heterocycles. The number of nitrogens with zero attached hydrogens (tertiary/aromatic N) is 1. The van der Waals surface area contributed by atoms with Gasteiger partial charge in [0.2, 0.25) is 0 Å². The van der Waals surface area contributed by atoms with Crippen molar-refractivity contribution in [2.45, 2.75) is 12.6 Å². The van der Waals surface area contributed by atoms with Gasteiger partial charge >= 0.3 is 6.03 Å². The van der Waals surface area contributed by atoms with Gasteiger partial charge in [-0.25, -0.2) is 9.18 Å². The normalized spacial score (nSPS) is 12.0. The second-order valence-corrected chi connectivity index (χ2v) is 6.10. The van der Waals surface area contributed by atoms with Crippen molar-refractivity contribution in [2.75, 3.05) is 20.6 Å². The number of urea groups is 1.